The highest BCUT2D eigenvalue weighted by Gasteiger charge is 2.41. The van der Waals surface area contributed by atoms with Crippen LogP contribution >= 0.6 is 23.1 Å². The zero-order valence-corrected chi connectivity index (χ0v) is 24.4. The van der Waals surface area contributed by atoms with E-state index >= 15 is 0 Å². The van der Waals surface area contributed by atoms with E-state index in [-0.39, 0.29) is 23.6 Å². The molecule has 1 aromatic heterocycles. The van der Waals surface area contributed by atoms with Gasteiger partial charge in [0.2, 0.25) is 0 Å². The van der Waals surface area contributed by atoms with Gasteiger partial charge < -0.3 is 14.2 Å². The van der Waals surface area contributed by atoms with Crippen LogP contribution in [0.2, 0.25) is 0 Å². The third-order valence-corrected chi connectivity index (χ3v) is 8.68. The van der Waals surface area contributed by atoms with Crippen LogP contribution in [0.25, 0.3) is 6.08 Å². The summed E-state index contributed by atoms with van der Waals surface area (Å²) in [6, 6.07) is 29.5. The number of anilines is 1. The molecule has 1 fully saturated rings. The van der Waals surface area contributed by atoms with Gasteiger partial charge in [-0.05, 0) is 67.8 Å². The number of nitrogens with zero attached hydrogens (tertiary/aromatic N) is 2. The van der Waals surface area contributed by atoms with E-state index in [0.29, 0.717) is 23.9 Å². The molecule has 8 heteroatoms. The lowest BCUT2D eigenvalue weighted by Gasteiger charge is -2.21. The van der Waals surface area contributed by atoms with Crippen LogP contribution in [0.4, 0.5) is 5.69 Å². The van der Waals surface area contributed by atoms with Gasteiger partial charge in [0.15, 0.2) is 5.17 Å². The topological polar surface area (TPSA) is 60.4 Å². The van der Waals surface area contributed by atoms with Gasteiger partial charge in [-0.15, -0.1) is 11.3 Å². The molecule has 0 bridgehead atoms. The summed E-state index contributed by atoms with van der Waals surface area (Å²) in [4.78, 5) is 21.0. The fourth-order valence-electron chi connectivity index (χ4n) is 4.64. The van der Waals surface area contributed by atoms with E-state index in [4.69, 9.17) is 19.2 Å². The molecular weight excluding hydrogens is 553 g/mol. The monoisotopic (exact) mass is 582 g/mol. The number of hydrogen-bond donors (Lipinski definition) is 0. The molecule has 2 aliphatic heterocycles. The van der Waals surface area contributed by atoms with Crippen molar-refractivity contribution in [1.29, 1.82) is 0 Å². The number of benzene rings is 3. The zero-order chi connectivity index (χ0) is 28.2. The van der Waals surface area contributed by atoms with Crippen molar-refractivity contribution in [2.45, 2.75) is 37.9 Å². The first kappa shape index (κ1) is 27.3. The molecular formula is C33H30N2O4S2. The Kier molecular flexibility index (Phi) is 8.23. The van der Waals surface area contributed by atoms with E-state index in [1.165, 1.54) is 22.9 Å². The van der Waals surface area contributed by atoms with E-state index in [9.17, 15) is 4.79 Å². The molecule has 41 heavy (non-hydrogen) atoms. The molecule has 0 unspecified atom stereocenters. The number of carbonyl (C=O) groups is 1. The van der Waals surface area contributed by atoms with Crippen molar-refractivity contribution in [3.8, 4) is 11.5 Å². The molecule has 4 aromatic rings. The van der Waals surface area contributed by atoms with Crippen LogP contribution in [-0.4, -0.2) is 35.3 Å². The van der Waals surface area contributed by atoms with Crippen LogP contribution in [0.15, 0.2) is 107 Å². The van der Waals surface area contributed by atoms with Gasteiger partial charge in [-0.2, -0.15) is 0 Å². The molecule has 1 amide bonds. The van der Waals surface area contributed by atoms with Crippen LogP contribution in [0.5, 0.6) is 11.5 Å². The largest absolute Gasteiger partial charge is 0.491 e. The third-order valence-electron chi connectivity index (χ3n) is 6.81. The summed E-state index contributed by atoms with van der Waals surface area (Å²) in [5.74, 6) is 1.42. The average Bonchev–Trinajstić information content (AvgIpc) is 3.70. The van der Waals surface area contributed by atoms with E-state index < -0.39 is 0 Å². The van der Waals surface area contributed by atoms with Gasteiger partial charge in [0.25, 0.3) is 5.91 Å². The number of amides is 1. The van der Waals surface area contributed by atoms with Gasteiger partial charge in [-0.25, -0.2) is 4.99 Å². The molecule has 0 spiro atoms. The number of aryl methyl sites for hydroxylation is 2. The number of carbonyl (C=O) groups excluding carboxylic acids is 1. The predicted molar refractivity (Wildman–Crippen MR) is 167 cm³/mol. The molecule has 208 valence electrons. The zero-order valence-electron chi connectivity index (χ0n) is 22.8. The minimum atomic E-state index is -0.306. The number of ether oxygens (including phenoxy) is 3. The van der Waals surface area contributed by atoms with E-state index in [2.05, 4.69) is 6.92 Å². The van der Waals surface area contributed by atoms with E-state index in [1.54, 1.807) is 16.2 Å². The second-order valence-electron chi connectivity index (χ2n) is 9.97. The lowest BCUT2D eigenvalue weighted by Crippen LogP contribution is -2.32. The predicted octanol–water partition coefficient (Wildman–Crippen LogP) is 7.48. The van der Waals surface area contributed by atoms with Crippen LogP contribution < -0.4 is 14.4 Å². The van der Waals surface area contributed by atoms with Crippen molar-refractivity contribution >= 4 is 45.9 Å². The summed E-state index contributed by atoms with van der Waals surface area (Å²) < 4.78 is 19.1. The standard InChI is InChI=1S/C33H30N2O4S2/c1-22-10-14-25(15-11-22)37-21-30-29(38-26-16-12-23(2)13-17-26)20-31(39-30)41-33-34-28(19-27-9-6-18-40-27)32(36)35(33)24-7-4-3-5-8-24/h3-19,29-31H,20-21H2,1-2H3/b28-19-/t29-,30+,31-/m0/s1. The van der Waals surface area contributed by atoms with Crippen molar-refractivity contribution in [3.05, 3.63) is 118 Å². The molecule has 0 N–H and O–H groups in total. The molecule has 3 aromatic carbocycles. The summed E-state index contributed by atoms with van der Waals surface area (Å²) in [6.07, 6.45) is 1.91. The number of para-hydroxylation sites is 1. The summed E-state index contributed by atoms with van der Waals surface area (Å²) in [5.41, 5.74) is 3.24. The molecule has 2 aliphatic rings. The smallest absolute Gasteiger partial charge is 0.283 e. The lowest BCUT2D eigenvalue weighted by molar-refractivity contribution is -0.113. The first-order valence-electron chi connectivity index (χ1n) is 13.5. The maximum atomic E-state index is 13.5. The summed E-state index contributed by atoms with van der Waals surface area (Å²) in [5, 5.41) is 2.57. The van der Waals surface area contributed by atoms with Gasteiger partial charge >= 0.3 is 0 Å². The SMILES string of the molecule is Cc1ccc(OC[C@H]2O[C@@H](SC3=N/C(=C\c4cccs4)C(=O)N3c3ccccc3)C[C@@H]2Oc2ccc(C)cc2)cc1. The Labute approximate surface area is 248 Å². The van der Waals surface area contributed by atoms with Gasteiger partial charge in [-0.3, -0.25) is 9.69 Å². The van der Waals surface area contributed by atoms with Gasteiger partial charge in [0.1, 0.15) is 41.4 Å². The third kappa shape index (κ3) is 6.56. The number of thioether (sulfide) groups is 1. The fraction of sp³-hybridized carbons (Fsp3) is 0.212. The highest BCUT2D eigenvalue weighted by atomic mass is 32.2. The molecule has 1 saturated heterocycles. The van der Waals surface area contributed by atoms with Crippen molar-refractivity contribution in [2.75, 3.05) is 11.5 Å². The Morgan fingerprint density at radius 3 is 2.34 bits per heavy atom. The Morgan fingerprint density at radius 2 is 1.66 bits per heavy atom. The second kappa shape index (κ2) is 12.3. The molecule has 3 heterocycles. The van der Waals surface area contributed by atoms with Crippen LogP contribution in [-0.2, 0) is 9.53 Å². The minimum absolute atomic E-state index is 0.156. The van der Waals surface area contributed by atoms with Gasteiger partial charge in [-0.1, -0.05) is 71.4 Å². The fourth-order valence-corrected chi connectivity index (χ4v) is 6.45. The number of rotatable bonds is 8. The Hall–Kier alpha value is -3.85. The van der Waals surface area contributed by atoms with Gasteiger partial charge in [0.05, 0.1) is 5.69 Å². The number of aliphatic imine (C=N–C) groups is 1. The highest BCUT2D eigenvalue weighted by molar-refractivity contribution is 8.14. The molecule has 0 radical (unpaired) electrons. The normalized spacial score (nSPS) is 21.4. The molecule has 0 aliphatic carbocycles. The maximum absolute atomic E-state index is 13.5. The summed E-state index contributed by atoms with van der Waals surface area (Å²) in [6.45, 7) is 4.44. The quantitative estimate of drug-likeness (QED) is 0.202. The molecule has 6 nitrogen and oxygen atoms in total. The van der Waals surface area contributed by atoms with Crippen molar-refractivity contribution < 1.29 is 19.0 Å². The van der Waals surface area contributed by atoms with Crippen molar-refractivity contribution in [3.63, 3.8) is 0 Å². The van der Waals surface area contributed by atoms with Crippen molar-refractivity contribution in [1.82, 2.24) is 0 Å². The maximum Gasteiger partial charge on any atom is 0.283 e. The summed E-state index contributed by atoms with van der Waals surface area (Å²) >= 11 is 3.01. The Bertz CT molecular complexity index is 1530. The number of thiophene rings is 1. The first-order valence-corrected chi connectivity index (χ1v) is 15.3. The summed E-state index contributed by atoms with van der Waals surface area (Å²) in [7, 11) is 0. The van der Waals surface area contributed by atoms with Gasteiger partial charge in [0, 0.05) is 11.3 Å². The minimum Gasteiger partial charge on any atom is -0.491 e. The van der Waals surface area contributed by atoms with Crippen molar-refractivity contribution in [2.24, 2.45) is 4.99 Å². The average molecular weight is 583 g/mol. The van der Waals surface area contributed by atoms with Crippen LogP contribution in [0.1, 0.15) is 22.4 Å². The first-order chi connectivity index (χ1) is 20.0. The van der Waals surface area contributed by atoms with Crippen LogP contribution in [0, 0.1) is 13.8 Å². The highest BCUT2D eigenvalue weighted by Crippen LogP contribution is 2.37. The number of amidine groups is 1. The molecule has 3 atom stereocenters. The Balaban J connectivity index is 1.23. The Morgan fingerprint density at radius 1 is 0.951 bits per heavy atom. The van der Waals surface area contributed by atoms with Crippen LogP contribution in [0.3, 0.4) is 0 Å². The molecule has 6 rings (SSSR count). The molecule has 0 saturated carbocycles. The second-order valence-corrected chi connectivity index (χ2v) is 12.1. The van der Waals surface area contributed by atoms with E-state index in [0.717, 1.165) is 22.1 Å². The van der Waals surface area contributed by atoms with E-state index in [1.807, 2.05) is 109 Å². The number of hydrogen-bond acceptors (Lipinski definition) is 7. The lowest BCUT2D eigenvalue weighted by atomic mass is 10.2.